The van der Waals surface area contributed by atoms with E-state index in [2.05, 4.69) is 15.5 Å². The van der Waals surface area contributed by atoms with Crippen LogP contribution in [0.2, 0.25) is 0 Å². The minimum atomic E-state index is -1.15. The minimum absolute atomic E-state index is 0.185. The molecule has 0 aliphatic rings. The number of benzene rings is 2. The van der Waals surface area contributed by atoms with E-state index in [-0.39, 0.29) is 23.9 Å². The monoisotopic (exact) mass is 421 g/mol. The van der Waals surface area contributed by atoms with Crippen LogP contribution in [0.1, 0.15) is 25.0 Å². The Morgan fingerprint density at radius 2 is 1.66 bits per heavy atom. The van der Waals surface area contributed by atoms with Crippen LogP contribution in [0.4, 0.5) is 4.39 Å². The summed E-state index contributed by atoms with van der Waals surface area (Å²) in [4.78, 5) is 27.5. The van der Waals surface area contributed by atoms with Gasteiger partial charge in [0.1, 0.15) is 23.1 Å². The van der Waals surface area contributed by atoms with Crippen molar-refractivity contribution in [3.8, 4) is 5.75 Å². The third kappa shape index (κ3) is 7.03. The summed E-state index contributed by atoms with van der Waals surface area (Å²) >= 11 is 5.71. The smallest absolute Gasteiger partial charge is 0.245 e. The number of hydrogen-bond donors (Lipinski definition) is 4. The third-order valence-electron chi connectivity index (χ3n) is 4.44. The van der Waals surface area contributed by atoms with Gasteiger partial charge in [-0.2, -0.15) is 0 Å². The normalized spacial score (nSPS) is 12.3. The summed E-state index contributed by atoms with van der Waals surface area (Å²) in [5.74, 6) is -0.953. The quantitative estimate of drug-likeness (QED) is 0.468. The van der Waals surface area contributed by atoms with Crippen molar-refractivity contribution < 1.29 is 19.1 Å². The van der Waals surface area contributed by atoms with E-state index in [9.17, 15) is 19.1 Å². The van der Waals surface area contributed by atoms with Crippen molar-refractivity contribution in [2.75, 3.05) is 6.54 Å². The number of aromatic hydroxyl groups is 1. The van der Waals surface area contributed by atoms with Crippen molar-refractivity contribution in [3.63, 3.8) is 0 Å². The van der Waals surface area contributed by atoms with E-state index in [1.165, 1.54) is 12.1 Å². The number of halogens is 2. The minimum Gasteiger partial charge on any atom is -0.508 e. The molecule has 1 atom stereocenters. The molecule has 0 bridgehead atoms. The van der Waals surface area contributed by atoms with Gasteiger partial charge in [0.2, 0.25) is 11.8 Å². The predicted octanol–water partition coefficient (Wildman–Crippen LogP) is 2.44. The molecule has 0 saturated heterocycles. The molecule has 2 rings (SSSR count). The van der Waals surface area contributed by atoms with Crippen LogP contribution in [0.15, 0.2) is 48.5 Å². The Hall–Kier alpha value is -2.64. The highest BCUT2D eigenvalue weighted by atomic mass is 35.5. The Balaban J connectivity index is 1.87. The van der Waals surface area contributed by atoms with E-state index < -0.39 is 17.5 Å². The average molecular weight is 422 g/mol. The third-order valence-corrected chi connectivity index (χ3v) is 4.70. The van der Waals surface area contributed by atoms with Gasteiger partial charge in [-0.1, -0.05) is 24.3 Å². The number of phenolic OH excluding ortho intramolecular Hbond substituents is 1. The molecule has 2 aromatic rings. The fraction of sp³-hybridized carbons (Fsp3) is 0.333. The molecule has 0 spiro atoms. The maximum atomic E-state index is 13.0. The zero-order valence-corrected chi connectivity index (χ0v) is 17.1. The summed E-state index contributed by atoms with van der Waals surface area (Å²) in [6.45, 7) is 3.59. The molecule has 0 aromatic heterocycles. The lowest BCUT2D eigenvalue weighted by molar-refractivity contribution is -0.133. The van der Waals surface area contributed by atoms with Crippen molar-refractivity contribution in [3.05, 3.63) is 65.5 Å². The summed E-state index contributed by atoms with van der Waals surface area (Å²) in [7, 11) is 0. The number of nitrogens with one attached hydrogen (secondary N) is 3. The van der Waals surface area contributed by atoms with Gasteiger partial charge >= 0.3 is 0 Å². The number of rotatable bonds is 9. The van der Waals surface area contributed by atoms with E-state index >= 15 is 0 Å². The molecule has 2 aromatic carbocycles. The summed E-state index contributed by atoms with van der Waals surface area (Å²) in [6, 6.07) is 11.7. The highest BCUT2D eigenvalue weighted by Crippen LogP contribution is 2.11. The van der Waals surface area contributed by atoms with Crippen LogP contribution in [0.25, 0.3) is 0 Å². The first-order chi connectivity index (χ1) is 13.7. The van der Waals surface area contributed by atoms with Gasteiger partial charge in [0.15, 0.2) is 0 Å². The molecule has 0 aliphatic heterocycles. The van der Waals surface area contributed by atoms with Crippen molar-refractivity contribution >= 4 is 23.6 Å². The maximum absolute atomic E-state index is 13.0. The Morgan fingerprint density at radius 1 is 1.07 bits per heavy atom. The first-order valence-corrected chi connectivity index (χ1v) is 9.58. The molecule has 6 nitrogen and oxygen atoms in total. The van der Waals surface area contributed by atoms with Gasteiger partial charge in [-0.15, -0.1) is 0 Å². The van der Waals surface area contributed by atoms with Crippen molar-refractivity contribution in [2.45, 2.75) is 38.3 Å². The highest BCUT2D eigenvalue weighted by Gasteiger charge is 2.31. The number of amides is 2. The topological polar surface area (TPSA) is 90.5 Å². The van der Waals surface area contributed by atoms with Gasteiger partial charge in [0.25, 0.3) is 0 Å². The van der Waals surface area contributed by atoms with Crippen molar-refractivity contribution in [2.24, 2.45) is 0 Å². The van der Waals surface area contributed by atoms with Gasteiger partial charge in [0.05, 0.1) is 0 Å². The molecule has 156 valence electrons. The molecule has 0 heterocycles. The summed E-state index contributed by atoms with van der Waals surface area (Å²) in [5, 5.41) is 14.8. The number of hydrogen-bond acceptors (Lipinski definition) is 4. The second kappa shape index (κ2) is 10.2. The molecule has 4 N–H and O–H groups in total. The van der Waals surface area contributed by atoms with Crippen LogP contribution in [0, 0.1) is 5.82 Å². The Morgan fingerprint density at radius 3 is 2.24 bits per heavy atom. The van der Waals surface area contributed by atoms with Gasteiger partial charge < -0.3 is 15.7 Å². The summed E-state index contributed by atoms with van der Waals surface area (Å²) < 4.78 is 13.0. The average Bonchev–Trinajstić information content (AvgIpc) is 2.68. The van der Waals surface area contributed by atoms with E-state index in [1.54, 1.807) is 50.2 Å². The fourth-order valence-electron chi connectivity index (χ4n) is 2.69. The molecule has 2 amide bonds. The zero-order valence-electron chi connectivity index (χ0n) is 16.3. The Labute approximate surface area is 174 Å². The number of carbonyl (C=O) groups is 2. The Bertz CT molecular complexity index is 826. The first-order valence-electron chi connectivity index (χ1n) is 9.20. The van der Waals surface area contributed by atoms with Gasteiger partial charge in [-0.05, 0) is 73.9 Å². The molecular formula is C21H25ClFN3O3. The highest BCUT2D eigenvalue weighted by molar-refractivity contribution is 6.15. The largest absolute Gasteiger partial charge is 0.508 e. The second-order valence-corrected chi connectivity index (χ2v) is 7.50. The maximum Gasteiger partial charge on any atom is 0.245 e. The van der Waals surface area contributed by atoms with E-state index in [4.69, 9.17) is 11.8 Å². The second-order valence-electron chi connectivity index (χ2n) is 7.28. The standard InChI is InChI=1S/C21H25ClFN3O3/c1-21(2,20(29)24-12-11-14-5-9-17(27)10-6-14)25-19(28)18(26-22)13-15-3-7-16(23)8-4-15/h3-10,18,26-27H,11-13H2,1-2H3,(H,24,29)(H,25,28)/t18-/m1/s1. The molecule has 0 saturated carbocycles. The molecule has 0 radical (unpaired) electrons. The van der Waals surface area contributed by atoms with Crippen LogP contribution in [-0.2, 0) is 22.4 Å². The van der Waals surface area contributed by atoms with Crippen LogP contribution >= 0.6 is 11.8 Å². The molecule has 29 heavy (non-hydrogen) atoms. The van der Waals surface area contributed by atoms with Crippen molar-refractivity contribution in [1.82, 2.24) is 15.5 Å². The fourth-order valence-corrected chi connectivity index (χ4v) is 2.87. The van der Waals surface area contributed by atoms with Crippen LogP contribution in [0.5, 0.6) is 5.75 Å². The van der Waals surface area contributed by atoms with Gasteiger partial charge in [-0.25, -0.2) is 9.23 Å². The Kier molecular flexibility index (Phi) is 7.99. The molecular weight excluding hydrogens is 397 g/mol. The van der Waals surface area contributed by atoms with E-state index in [0.29, 0.717) is 13.0 Å². The lowest BCUT2D eigenvalue weighted by atomic mass is 10.0. The first kappa shape index (κ1) is 22.6. The number of carbonyl (C=O) groups excluding carboxylic acids is 2. The van der Waals surface area contributed by atoms with E-state index in [1.807, 2.05) is 0 Å². The van der Waals surface area contributed by atoms with E-state index in [0.717, 1.165) is 11.1 Å². The molecule has 0 aliphatic carbocycles. The van der Waals surface area contributed by atoms with Crippen LogP contribution < -0.4 is 15.5 Å². The van der Waals surface area contributed by atoms with Gasteiger partial charge in [-0.3, -0.25) is 9.59 Å². The summed E-state index contributed by atoms with van der Waals surface area (Å²) in [6.07, 6.45) is 0.834. The van der Waals surface area contributed by atoms with Crippen LogP contribution in [-0.4, -0.2) is 35.0 Å². The lowest BCUT2D eigenvalue weighted by Gasteiger charge is -2.27. The lowest BCUT2D eigenvalue weighted by Crippen LogP contribution is -2.58. The number of phenols is 1. The van der Waals surface area contributed by atoms with Crippen molar-refractivity contribution in [1.29, 1.82) is 0 Å². The van der Waals surface area contributed by atoms with Gasteiger partial charge in [0, 0.05) is 6.54 Å². The summed E-state index contributed by atoms with van der Waals surface area (Å²) in [5.41, 5.74) is 0.549. The SMILES string of the molecule is CC(C)(NC(=O)[C@@H](Cc1ccc(F)cc1)NCl)C(=O)NCCc1ccc(O)cc1. The molecule has 0 fully saturated rings. The van der Waals surface area contributed by atoms with Crippen LogP contribution in [0.3, 0.4) is 0 Å². The zero-order chi connectivity index (χ0) is 21.4. The molecule has 8 heteroatoms. The molecule has 0 unspecified atom stereocenters. The predicted molar refractivity (Wildman–Crippen MR) is 110 cm³/mol.